The van der Waals surface area contributed by atoms with E-state index in [0.717, 1.165) is 48.0 Å². The van der Waals surface area contributed by atoms with Crippen LogP contribution in [0.3, 0.4) is 0 Å². The van der Waals surface area contributed by atoms with Gasteiger partial charge in [0.1, 0.15) is 5.82 Å². The summed E-state index contributed by atoms with van der Waals surface area (Å²) in [5, 5.41) is 0. The summed E-state index contributed by atoms with van der Waals surface area (Å²) in [6.45, 7) is 4.62. The fourth-order valence-electron chi connectivity index (χ4n) is 3.28. The number of nitrogens with two attached hydrogens (primary N) is 1. The maximum atomic E-state index is 6.23. The topological polar surface area (TPSA) is 62.3 Å². The van der Waals surface area contributed by atoms with Gasteiger partial charge in [0.25, 0.3) is 0 Å². The van der Waals surface area contributed by atoms with Crippen LogP contribution in [0.5, 0.6) is 11.5 Å². The van der Waals surface area contributed by atoms with Crippen LogP contribution in [0.4, 0.5) is 0 Å². The highest BCUT2D eigenvalue weighted by Gasteiger charge is 2.24. The third-order valence-corrected chi connectivity index (χ3v) is 4.35. The Kier molecular flexibility index (Phi) is 3.30. The molecule has 0 spiro atoms. The molecule has 0 fully saturated rings. The van der Waals surface area contributed by atoms with Crippen molar-refractivity contribution in [3.8, 4) is 22.8 Å². The summed E-state index contributed by atoms with van der Waals surface area (Å²) in [4.78, 5) is 4.75. The van der Waals surface area contributed by atoms with Crippen LogP contribution in [0.15, 0.2) is 24.4 Å². The smallest absolute Gasteiger partial charge is 0.161 e. The molecule has 116 valence electrons. The lowest BCUT2D eigenvalue weighted by Gasteiger charge is -2.25. The predicted molar refractivity (Wildman–Crippen MR) is 84.0 cm³/mol. The lowest BCUT2D eigenvalue weighted by Crippen LogP contribution is -2.26. The SMILES string of the molecule is CC1CC(N)c2nc(-c3ccc4c(c3)OCCCO4)cn2C1. The second-order valence-electron chi connectivity index (χ2n) is 6.30. The number of imidazole rings is 1. The minimum absolute atomic E-state index is 0.0258. The first-order chi connectivity index (χ1) is 10.7. The maximum absolute atomic E-state index is 6.23. The zero-order valence-corrected chi connectivity index (χ0v) is 12.8. The second-order valence-corrected chi connectivity index (χ2v) is 6.30. The van der Waals surface area contributed by atoms with Gasteiger partial charge < -0.3 is 19.8 Å². The van der Waals surface area contributed by atoms with E-state index in [1.807, 2.05) is 18.2 Å². The Labute approximate surface area is 130 Å². The lowest BCUT2D eigenvalue weighted by atomic mass is 9.98. The zero-order chi connectivity index (χ0) is 15.1. The fraction of sp³-hybridized carbons (Fsp3) is 0.471. The van der Waals surface area contributed by atoms with Gasteiger partial charge >= 0.3 is 0 Å². The van der Waals surface area contributed by atoms with Crippen LogP contribution in [0.1, 0.15) is 31.6 Å². The third-order valence-electron chi connectivity index (χ3n) is 4.35. The van der Waals surface area contributed by atoms with Crippen molar-refractivity contribution >= 4 is 0 Å². The first kappa shape index (κ1) is 13.6. The number of hydrogen-bond donors (Lipinski definition) is 1. The van der Waals surface area contributed by atoms with Gasteiger partial charge in [-0.25, -0.2) is 4.98 Å². The van der Waals surface area contributed by atoms with Crippen molar-refractivity contribution in [1.82, 2.24) is 9.55 Å². The second kappa shape index (κ2) is 5.32. The summed E-state index contributed by atoms with van der Waals surface area (Å²) in [6.07, 6.45) is 4.01. The van der Waals surface area contributed by atoms with Gasteiger partial charge in [-0.3, -0.25) is 0 Å². The molecule has 2 aromatic rings. The average Bonchev–Trinajstić information content (AvgIpc) is 2.78. The quantitative estimate of drug-likeness (QED) is 0.879. The van der Waals surface area contributed by atoms with Crippen LogP contribution in [0.2, 0.25) is 0 Å². The summed E-state index contributed by atoms with van der Waals surface area (Å²) < 4.78 is 13.6. The number of ether oxygens (including phenoxy) is 2. The molecule has 4 rings (SSSR count). The number of fused-ring (bicyclic) bond motifs is 2. The highest BCUT2D eigenvalue weighted by molar-refractivity contribution is 5.64. The summed E-state index contributed by atoms with van der Waals surface area (Å²) >= 11 is 0. The number of hydrogen-bond acceptors (Lipinski definition) is 4. The summed E-state index contributed by atoms with van der Waals surface area (Å²) in [7, 11) is 0. The van der Waals surface area contributed by atoms with E-state index in [1.54, 1.807) is 0 Å². The molecule has 1 aromatic carbocycles. The average molecular weight is 299 g/mol. The molecule has 0 saturated carbocycles. The zero-order valence-electron chi connectivity index (χ0n) is 12.8. The van der Waals surface area contributed by atoms with Crippen LogP contribution in [-0.4, -0.2) is 22.8 Å². The molecule has 2 unspecified atom stereocenters. The molecular formula is C17H21N3O2. The number of rotatable bonds is 1. The Bertz CT molecular complexity index is 695. The van der Waals surface area contributed by atoms with E-state index in [9.17, 15) is 0 Å². The van der Waals surface area contributed by atoms with E-state index in [1.165, 1.54) is 0 Å². The molecule has 0 amide bonds. The molecule has 3 heterocycles. The lowest BCUT2D eigenvalue weighted by molar-refractivity contribution is 0.297. The van der Waals surface area contributed by atoms with Gasteiger partial charge in [-0.1, -0.05) is 6.92 Å². The first-order valence-corrected chi connectivity index (χ1v) is 7.93. The fourth-order valence-corrected chi connectivity index (χ4v) is 3.28. The molecule has 22 heavy (non-hydrogen) atoms. The van der Waals surface area contributed by atoms with Crippen molar-refractivity contribution in [2.75, 3.05) is 13.2 Å². The summed E-state index contributed by atoms with van der Waals surface area (Å²) in [6, 6.07) is 6.05. The van der Waals surface area contributed by atoms with Crippen LogP contribution < -0.4 is 15.2 Å². The van der Waals surface area contributed by atoms with Crippen molar-refractivity contribution in [1.29, 1.82) is 0 Å². The Morgan fingerprint density at radius 2 is 2.05 bits per heavy atom. The van der Waals surface area contributed by atoms with Crippen LogP contribution in [0, 0.1) is 5.92 Å². The van der Waals surface area contributed by atoms with Gasteiger partial charge in [0, 0.05) is 24.7 Å². The van der Waals surface area contributed by atoms with E-state index in [4.69, 9.17) is 20.2 Å². The predicted octanol–water partition coefficient (Wildman–Crippen LogP) is 2.75. The van der Waals surface area contributed by atoms with Gasteiger partial charge in [-0.15, -0.1) is 0 Å². The summed E-state index contributed by atoms with van der Waals surface area (Å²) in [5.74, 6) is 3.20. The van der Waals surface area contributed by atoms with Crippen LogP contribution >= 0.6 is 0 Å². The van der Waals surface area contributed by atoms with E-state index in [2.05, 4.69) is 17.7 Å². The largest absolute Gasteiger partial charge is 0.490 e. The first-order valence-electron chi connectivity index (χ1n) is 7.93. The Balaban J connectivity index is 1.71. The molecule has 1 aromatic heterocycles. The Hall–Kier alpha value is -2.01. The standard InChI is InChI=1S/C17H21N3O2/c1-11-7-13(18)17-19-14(10-20(17)9-11)12-3-4-15-16(8-12)22-6-2-5-21-15/h3-4,8,10-11,13H,2,5-7,9,18H2,1H3. The van der Waals surface area contributed by atoms with Gasteiger partial charge in [-0.2, -0.15) is 0 Å². The van der Waals surface area contributed by atoms with Crippen LogP contribution in [-0.2, 0) is 6.54 Å². The van der Waals surface area contributed by atoms with Gasteiger partial charge in [0.15, 0.2) is 11.5 Å². The van der Waals surface area contributed by atoms with Crippen LogP contribution in [0.25, 0.3) is 11.3 Å². The molecule has 5 heteroatoms. The Morgan fingerprint density at radius 3 is 2.91 bits per heavy atom. The van der Waals surface area contributed by atoms with Crippen molar-refractivity contribution in [2.45, 2.75) is 32.4 Å². The van der Waals surface area contributed by atoms with Crippen molar-refractivity contribution in [3.05, 3.63) is 30.2 Å². The molecule has 5 nitrogen and oxygen atoms in total. The van der Waals surface area contributed by atoms with E-state index >= 15 is 0 Å². The molecule has 2 aliphatic rings. The molecule has 2 atom stereocenters. The van der Waals surface area contributed by atoms with Gasteiger partial charge in [-0.05, 0) is 30.5 Å². The monoisotopic (exact) mass is 299 g/mol. The van der Waals surface area contributed by atoms with Gasteiger partial charge in [0.05, 0.1) is 24.9 Å². The van der Waals surface area contributed by atoms with Gasteiger partial charge in [0.2, 0.25) is 0 Å². The third kappa shape index (κ3) is 2.35. The van der Waals surface area contributed by atoms with E-state index in [0.29, 0.717) is 19.1 Å². The number of aromatic nitrogens is 2. The van der Waals surface area contributed by atoms with E-state index < -0.39 is 0 Å². The normalized spacial score (nSPS) is 23.7. The minimum atomic E-state index is 0.0258. The molecule has 0 saturated heterocycles. The number of benzene rings is 1. The molecular weight excluding hydrogens is 278 g/mol. The summed E-state index contributed by atoms with van der Waals surface area (Å²) in [5.41, 5.74) is 8.23. The Morgan fingerprint density at radius 1 is 1.23 bits per heavy atom. The van der Waals surface area contributed by atoms with Crippen molar-refractivity contribution in [3.63, 3.8) is 0 Å². The van der Waals surface area contributed by atoms with Crippen molar-refractivity contribution in [2.24, 2.45) is 11.7 Å². The van der Waals surface area contributed by atoms with Crippen molar-refractivity contribution < 1.29 is 9.47 Å². The molecule has 0 radical (unpaired) electrons. The van der Waals surface area contributed by atoms with E-state index in [-0.39, 0.29) is 6.04 Å². The highest BCUT2D eigenvalue weighted by atomic mass is 16.5. The number of nitrogens with zero attached hydrogens (tertiary/aromatic N) is 2. The molecule has 2 aliphatic heterocycles. The molecule has 0 aliphatic carbocycles. The molecule has 2 N–H and O–H groups in total. The maximum Gasteiger partial charge on any atom is 0.161 e. The minimum Gasteiger partial charge on any atom is -0.490 e. The highest BCUT2D eigenvalue weighted by Crippen LogP contribution is 2.35. The molecule has 0 bridgehead atoms.